The number of nitrogens with zero attached hydrogens (tertiary/aromatic N) is 2. The van der Waals surface area contributed by atoms with Crippen molar-refractivity contribution in [2.45, 2.75) is 26.9 Å². The summed E-state index contributed by atoms with van der Waals surface area (Å²) in [7, 11) is 0. The Morgan fingerprint density at radius 2 is 2.20 bits per heavy atom. The Morgan fingerprint density at radius 1 is 1.35 bits per heavy atom. The second-order valence-corrected chi connectivity index (χ2v) is 5.04. The maximum atomic E-state index is 5.63. The number of benzene rings is 1. The van der Waals surface area contributed by atoms with Gasteiger partial charge in [-0.25, -0.2) is 4.98 Å². The SMILES string of the molecule is CCOc1ccccc1CNCC(C)Cn1ccnc1. The summed E-state index contributed by atoms with van der Waals surface area (Å²) in [6.07, 6.45) is 5.68. The fraction of sp³-hybridized carbons (Fsp3) is 0.438. The lowest BCUT2D eigenvalue weighted by molar-refractivity contribution is 0.334. The smallest absolute Gasteiger partial charge is 0.123 e. The molecule has 2 aromatic rings. The van der Waals surface area contributed by atoms with Gasteiger partial charge < -0.3 is 14.6 Å². The van der Waals surface area contributed by atoms with E-state index in [0.29, 0.717) is 12.5 Å². The van der Waals surface area contributed by atoms with E-state index >= 15 is 0 Å². The molecular formula is C16H23N3O. The number of rotatable bonds is 8. The molecule has 0 fully saturated rings. The molecule has 0 radical (unpaired) electrons. The maximum absolute atomic E-state index is 5.63. The van der Waals surface area contributed by atoms with Crippen LogP contribution in [0.5, 0.6) is 5.75 Å². The van der Waals surface area contributed by atoms with Crippen LogP contribution in [0.3, 0.4) is 0 Å². The van der Waals surface area contributed by atoms with E-state index < -0.39 is 0 Å². The van der Waals surface area contributed by atoms with Crippen molar-refractivity contribution in [3.05, 3.63) is 48.5 Å². The molecule has 0 bridgehead atoms. The molecule has 1 heterocycles. The van der Waals surface area contributed by atoms with Crippen LogP contribution in [0, 0.1) is 5.92 Å². The van der Waals surface area contributed by atoms with Crippen molar-refractivity contribution in [3.8, 4) is 5.75 Å². The second-order valence-electron chi connectivity index (χ2n) is 5.04. The molecule has 1 atom stereocenters. The highest BCUT2D eigenvalue weighted by atomic mass is 16.5. The van der Waals surface area contributed by atoms with E-state index in [1.807, 2.05) is 37.8 Å². The van der Waals surface area contributed by atoms with Gasteiger partial charge in [0.05, 0.1) is 12.9 Å². The highest BCUT2D eigenvalue weighted by Gasteiger charge is 2.05. The third-order valence-electron chi connectivity index (χ3n) is 3.16. The Labute approximate surface area is 120 Å². The summed E-state index contributed by atoms with van der Waals surface area (Å²) in [5.41, 5.74) is 1.21. The molecule has 1 unspecified atom stereocenters. The van der Waals surface area contributed by atoms with Crippen LogP contribution in [0.4, 0.5) is 0 Å². The fourth-order valence-electron chi connectivity index (χ4n) is 2.22. The normalized spacial score (nSPS) is 12.3. The Kier molecular flexibility index (Phi) is 5.62. The van der Waals surface area contributed by atoms with E-state index in [1.54, 1.807) is 0 Å². The Morgan fingerprint density at radius 3 is 2.95 bits per heavy atom. The summed E-state index contributed by atoms with van der Waals surface area (Å²) in [4.78, 5) is 4.06. The van der Waals surface area contributed by atoms with E-state index in [-0.39, 0.29) is 0 Å². The summed E-state index contributed by atoms with van der Waals surface area (Å²) < 4.78 is 7.74. The van der Waals surface area contributed by atoms with Crippen LogP contribution in [-0.4, -0.2) is 22.7 Å². The summed E-state index contributed by atoms with van der Waals surface area (Å²) >= 11 is 0. The Balaban J connectivity index is 1.77. The highest BCUT2D eigenvalue weighted by molar-refractivity contribution is 5.33. The molecule has 4 nitrogen and oxygen atoms in total. The van der Waals surface area contributed by atoms with Gasteiger partial charge in [-0.2, -0.15) is 0 Å². The predicted octanol–water partition coefficient (Wildman–Crippen LogP) is 2.71. The van der Waals surface area contributed by atoms with Crippen LogP contribution < -0.4 is 10.1 Å². The number of ether oxygens (including phenoxy) is 1. The van der Waals surface area contributed by atoms with Gasteiger partial charge >= 0.3 is 0 Å². The molecule has 0 spiro atoms. The van der Waals surface area contributed by atoms with E-state index in [9.17, 15) is 0 Å². The first kappa shape index (κ1) is 14.6. The lowest BCUT2D eigenvalue weighted by atomic mass is 10.1. The van der Waals surface area contributed by atoms with Gasteiger partial charge in [0.2, 0.25) is 0 Å². The molecule has 1 aromatic heterocycles. The molecule has 0 aliphatic heterocycles. The van der Waals surface area contributed by atoms with Crippen molar-refractivity contribution in [2.24, 2.45) is 5.92 Å². The van der Waals surface area contributed by atoms with Gasteiger partial charge in [0.1, 0.15) is 5.75 Å². The monoisotopic (exact) mass is 273 g/mol. The number of hydrogen-bond acceptors (Lipinski definition) is 3. The minimum Gasteiger partial charge on any atom is -0.494 e. The first-order valence-electron chi connectivity index (χ1n) is 7.16. The van der Waals surface area contributed by atoms with Crippen molar-refractivity contribution in [3.63, 3.8) is 0 Å². The van der Waals surface area contributed by atoms with Crippen LogP contribution in [0.25, 0.3) is 0 Å². The quantitative estimate of drug-likeness (QED) is 0.804. The Bertz CT molecular complexity index is 496. The van der Waals surface area contributed by atoms with Gasteiger partial charge in [0, 0.05) is 31.0 Å². The molecule has 20 heavy (non-hydrogen) atoms. The molecule has 0 aliphatic carbocycles. The maximum Gasteiger partial charge on any atom is 0.123 e. The van der Waals surface area contributed by atoms with Crippen LogP contribution in [-0.2, 0) is 13.1 Å². The van der Waals surface area contributed by atoms with Gasteiger partial charge in [-0.15, -0.1) is 0 Å². The van der Waals surface area contributed by atoms with Crippen molar-refractivity contribution < 1.29 is 4.74 Å². The van der Waals surface area contributed by atoms with Crippen molar-refractivity contribution in [1.29, 1.82) is 0 Å². The molecule has 1 N–H and O–H groups in total. The highest BCUT2D eigenvalue weighted by Crippen LogP contribution is 2.17. The fourth-order valence-corrected chi connectivity index (χ4v) is 2.22. The standard InChI is InChI=1S/C16H23N3O/c1-3-20-16-7-5-4-6-15(16)11-18-10-14(2)12-19-9-8-17-13-19/h4-9,13-14,18H,3,10-12H2,1-2H3. The number of imidazole rings is 1. The molecule has 4 heteroatoms. The molecule has 2 rings (SSSR count). The first-order chi connectivity index (χ1) is 9.79. The minimum absolute atomic E-state index is 0.559. The second kappa shape index (κ2) is 7.70. The zero-order chi connectivity index (χ0) is 14.2. The van der Waals surface area contributed by atoms with Crippen molar-refractivity contribution in [2.75, 3.05) is 13.2 Å². The number of aromatic nitrogens is 2. The van der Waals surface area contributed by atoms with E-state index in [2.05, 4.69) is 33.9 Å². The molecule has 1 aromatic carbocycles. The molecule has 0 aliphatic rings. The Hall–Kier alpha value is -1.81. The summed E-state index contributed by atoms with van der Waals surface area (Å²) in [6.45, 7) is 7.75. The average Bonchev–Trinajstić information content (AvgIpc) is 2.94. The molecule has 0 saturated heterocycles. The third-order valence-corrected chi connectivity index (χ3v) is 3.16. The summed E-state index contributed by atoms with van der Waals surface area (Å²) in [6, 6.07) is 8.19. The summed E-state index contributed by atoms with van der Waals surface area (Å²) in [5.74, 6) is 1.54. The number of nitrogens with one attached hydrogen (secondary N) is 1. The molecule has 0 saturated carbocycles. The van der Waals surface area contributed by atoms with E-state index in [1.165, 1.54) is 5.56 Å². The van der Waals surface area contributed by atoms with Crippen LogP contribution in [0.2, 0.25) is 0 Å². The van der Waals surface area contributed by atoms with Crippen LogP contribution >= 0.6 is 0 Å². The van der Waals surface area contributed by atoms with Gasteiger partial charge in [0.15, 0.2) is 0 Å². The summed E-state index contributed by atoms with van der Waals surface area (Å²) in [5, 5.41) is 3.50. The third kappa shape index (κ3) is 4.38. The topological polar surface area (TPSA) is 39.1 Å². The van der Waals surface area contributed by atoms with Gasteiger partial charge in [-0.1, -0.05) is 25.1 Å². The lowest BCUT2D eigenvalue weighted by Crippen LogP contribution is -2.23. The zero-order valence-electron chi connectivity index (χ0n) is 12.2. The lowest BCUT2D eigenvalue weighted by Gasteiger charge is -2.15. The predicted molar refractivity (Wildman–Crippen MR) is 80.7 cm³/mol. The van der Waals surface area contributed by atoms with Gasteiger partial charge in [0.25, 0.3) is 0 Å². The number of hydrogen-bond donors (Lipinski definition) is 1. The van der Waals surface area contributed by atoms with Crippen LogP contribution in [0.1, 0.15) is 19.4 Å². The first-order valence-corrected chi connectivity index (χ1v) is 7.16. The largest absolute Gasteiger partial charge is 0.494 e. The zero-order valence-corrected chi connectivity index (χ0v) is 12.2. The average molecular weight is 273 g/mol. The molecule has 0 amide bonds. The minimum atomic E-state index is 0.559. The van der Waals surface area contributed by atoms with Crippen molar-refractivity contribution >= 4 is 0 Å². The number of para-hydroxylation sites is 1. The molecule has 108 valence electrons. The van der Waals surface area contributed by atoms with E-state index in [0.717, 1.165) is 25.4 Å². The van der Waals surface area contributed by atoms with E-state index in [4.69, 9.17) is 4.74 Å². The van der Waals surface area contributed by atoms with Crippen molar-refractivity contribution in [1.82, 2.24) is 14.9 Å². The van der Waals surface area contributed by atoms with Gasteiger partial charge in [-0.05, 0) is 25.5 Å². The van der Waals surface area contributed by atoms with Gasteiger partial charge in [-0.3, -0.25) is 0 Å². The molecular weight excluding hydrogens is 250 g/mol. The van der Waals surface area contributed by atoms with Crippen LogP contribution in [0.15, 0.2) is 43.0 Å².